The van der Waals surface area contributed by atoms with E-state index >= 15 is 0 Å². The van der Waals surface area contributed by atoms with Crippen molar-refractivity contribution in [1.29, 1.82) is 0 Å². The molecule has 4 heteroatoms. The van der Waals surface area contributed by atoms with Crippen LogP contribution in [0.4, 0.5) is 0 Å². The van der Waals surface area contributed by atoms with Crippen molar-refractivity contribution in [3.8, 4) is 0 Å². The Bertz CT molecular complexity index is 383. The number of alkyl halides is 1. The molecule has 2 rings (SSSR count). The Hall–Kier alpha value is -0.730. The number of nitrogens with zero attached hydrogens (tertiary/aromatic N) is 1. The van der Waals surface area contributed by atoms with Crippen LogP contribution in [0.2, 0.25) is 5.02 Å². The van der Waals surface area contributed by atoms with Gasteiger partial charge in [-0.2, -0.15) is 0 Å². The summed E-state index contributed by atoms with van der Waals surface area (Å²) in [7, 11) is 0. The van der Waals surface area contributed by atoms with Crippen molar-refractivity contribution in [2.24, 2.45) is 0 Å². The number of hydrogen-bond acceptors (Lipinski definition) is 1. The van der Waals surface area contributed by atoms with Crippen molar-refractivity contribution in [3.63, 3.8) is 0 Å². The second kappa shape index (κ2) is 5.74. The standard InChI is InChI=1S/C13H15Cl2NO/c14-9-13(17)16-7-5-11(6-8-16)10-1-3-12(15)4-2-10/h1-4,11H,5-9H2. The average molecular weight is 272 g/mol. The number of carbonyl (C=O) groups excluding carboxylic acids is 1. The van der Waals surface area contributed by atoms with Gasteiger partial charge in [0, 0.05) is 18.1 Å². The first kappa shape index (κ1) is 12.7. The Labute approximate surface area is 112 Å². The minimum Gasteiger partial charge on any atom is -0.342 e. The molecule has 1 saturated heterocycles. The number of likely N-dealkylation sites (tertiary alicyclic amines) is 1. The molecule has 1 aromatic carbocycles. The van der Waals surface area contributed by atoms with E-state index in [1.54, 1.807) is 0 Å². The van der Waals surface area contributed by atoms with Gasteiger partial charge in [-0.15, -0.1) is 11.6 Å². The summed E-state index contributed by atoms with van der Waals surface area (Å²) in [5.41, 5.74) is 1.31. The lowest BCUT2D eigenvalue weighted by Crippen LogP contribution is -2.38. The third-order valence-electron chi connectivity index (χ3n) is 3.30. The van der Waals surface area contributed by atoms with E-state index < -0.39 is 0 Å². The Morgan fingerprint density at radius 3 is 2.35 bits per heavy atom. The maximum Gasteiger partial charge on any atom is 0.237 e. The van der Waals surface area contributed by atoms with Crippen molar-refractivity contribution < 1.29 is 4.79 Å². The summed E-state index contributed by atoms with van der Waals surface area (Å²) >= 11 is 11.4. The summed E-state index contributed by atoms with van der Waals surface area (Å²) in [4.78, 5) is 13.3. The molecule has 1 fully saturated rings. The van der Waals surface area contributed by atoms with Gasteiger partial charge in [0.2, 0.25) is 5.91 Å². The topological polar surface area (TPSA) is 20.3 Å². The van der Waals surface area contributed by atoms with Crippen molar-refractivity contribution in [2.45, 2.75) is 18.8 Å². The Morgan fingerprint density at radius 1 is 1.24 bits per heavy atom. The van der Waals surface area contributed by atoms with E-state index in [0.29, 0.717) is 5.92 Å². The van der Waals surface area contributed by atoms with Gasteiger partial charge in [-0.25, -0.2) is 0 Å². The van der Waals surface area contributed by atoms with Crippen LogP contribution in [-0.2, 0) is 4.79 Å². The zero-order chi connectivity index (χ0) is 12.3. The predicted molar refractivity (Wildman–Crippen MR) is 70.7 cm³/mol. The van der Waals surface area contributed by atoms with Crippen LogP contribution < -0.4 is 0 Å². The van der Waals surface area contributed by atoms with Crippen LogP contribution in [0, 0.1) is 0 Å². The summed E-state index contributed by atoms with van der Waals surface area (Å²) in [6.45, 7) is 1.61. The first-order valence-corrected chi connectivity index (χ1v) is 6.71. The van der Waals surface area contributed by atoms with Crippen molar-refractivity contribution in [1.82, 2.24) is 4.90 Å². The van der Waals surface area contributed by atoms with E-state index in [2.05, 4.69) is 12.1 Å². The number of amides is 1. The highest BCUT2D eigenvalue weighted by Gasteiger charge is 2.22. The second-order valence-corrected chi connectivity index (χ2v) is 5.04. The van der Waals surface area contributed by atoms with E-state index in [0.717, 1.165) is 31.0 Å². The maximum atomic E-state index is 11.4. The van der Waals surface area contributed by atoms with E-state index in [9.17, 15) is 4.79 Å². The number of hydrogen-bond donors (Lipinski definition) is 0. The third-order valence-corrected chi connectivity index (χ3v) is 3.78. The normalized spacial score (nSPS) is 17.2. The summed E-state index contributed by atoms with van der Waals surface area (Å²) in [5.74, 6) is 0.666. The van der Waals surface area contributed by atoms with Gasteiger partial charge < -0.3 is 4.90 Å². The molecule has 0 N–H and O–H groups in total. The van der Waals surface area contributed by atoms with E-state index in [4.69, 9.17) is 23.2 Å². The zero-order valence-corrected chi connectivity index (χ0v) is 11.0. The number of halogens is 2. The SMILES string of the molecule is O=C(CCl)N1CCC(c2ccc(Cl)cc2)CC1. The van der Waals surface area contributed by atoms with Gasteiger partial charge in [0.1, 0.15) is 5.88 Å². The van der Waals surface area contributed by atoms with Gasteiger partial charge in [-0.1, -0.05) is 23.7 Å². The van der Waals surface area contributed by atoms with E-state index in [1.807, 2.05) is 17.0 Å². The largest absolute Gasteiger partial charge is 0.342 e. The zero-order valence-electron chi connectivity index (χ0n) is 9.53. The fourth-order valence-corrected chi connectivity index (χ4v) is 2.58. The summed E-state index contributed by atoms with van der Waals surface area (Å²) in [5, 5.41) is 0.767. The molecule has 0 radical (unpaired) electrons. The molecule has 0 aromatic heterocycles. The number of benzene rings is 1. The highest BCUT2D eigenvalue weighted by Crippen LogP contribution is 2.28. The minimum atomic E-state index is 0.0428. The van der Waals surface area contributed by atoms with Crippen LogP contribution in [0.3, 0.4) is 0 Å². The van der Waals surface area contributed by atoms with Crippen LogP contribution in [0.15, 0.2) is 24.3 Å². The highest BCUT2D eigenvalue weighted by molar-refractivity contribution is 6.30. The fourth-order valence-electron chi connectivity index (χ4n) is 2.28. The van der Waals surface area contributed by atoms with Crippen LogP contribution in [0.25, 0.3) is 0 Å². The molecule has 0 atom stereocenters. The second-order valence-electron chi connectivity index (χ2n) is 4.34. The first-order chi connectivity index (χ1) is 8.20. The van der Waals surface area contributed by atoms with E-state index in [1.165, 1.54) is 5.56 Å². The van der Waals surface area contributed by atoms with Gasteiger partial charge in [0.15, 0.2) is 0 Å². The first-order valence-electron chi connectivity index (χ1n) is 5.80. The molecule has 1 aromatic rings. The number of rotatable bonds is 2. The molecule has 2 nitrogen and oxygen atoms in total. The summed E-state index contributed by atoms with van der Waals surface area (Å²) in [6, 6.07) is 8.00. The molecule has 1 heterocycles. The lowest BCUT2D eigenvalue weighted by atomic mass is 9.89. The Balaban J connectivity index is 1.95. The van der Waals surface area contributed by atoms with Gasteiger partial charge in [0.25, 0.3) is 0 Å². The predicted octanol–water partition coefficient (Wildman–Crippen LogP) is 3.28. The molecule has 1 aliphatic heterocycles. The van der Waals surface area contributed by atoms with Crippen LogP contribution >= 0.6 is 23.2 Å². The Morgan fingerprint density at radius 2 is 1.82 bits per heavy atom. The lowest BCUT2D eigenvalue weighted by molar-refractivity contribution is -0.129. The van der Waals surface area contributed by atoms with Crippen molar-refractivity contribution in [3.05, 3.63) is 34.9 Å². The molecular formula is C13H15Cl2NO. The molecule has 92 valence electrons. The number of piperidine rings is 1. The maximum absolute atomic E-state index is 11.4. The highest BCUT2D eigenvalue weighted by atomic mass is 35.5. The Kier molecular flexibility index (Phi) is 4.30. The monoisotopic (exact) mass is 271 g/mol. The third kappa shape index (κ3) is 3.14. The number of carbonyl (C=O) groups is 1. The van der Waals surface area contributed by atoms with Crippen molar-refractivity contribution in [2.75, 3.05) is 19.0 Å². The molecule has 0 saturated carbocycles. The van der Waals surface area contributed by atoms with E-state index in [-0.39, 0.29) is 11.8 Å². The summed E-state index contributed by atoms with van der Waals surface area (Å²) < 4.78 is 0. The molecule has 1 amide bonds. The molecular weight excluding hydrogens is 257 g/mol. The molecule has 17 heavy (non-hydrogen) atoms. The fraction of sp³-hybridized carbons (Fsp3) is 0.462. The van der Waals surface area contributed by atoms with Crippen LogP contribution in [0.1, 0.15) is 24.3 Å². The molecule has 0 unspecified atom stereocenters. The van der Waals surface area contributed by atoms with Gasteiger partial charge in [-0.05, 0) is 36.5 Å². The van der Waals surface area contributed by atoms with Crippen LogP contribution in [0.5, 0.6) is 0 Å². The van der Waals surface area contributed by atoms with Gasteiger partial charge in [0.05, 0.1) is 0 Å². The molecule has 0 bridgehead atoms. The van der Waals surface area contributed by atoms with Gasteiger partial charge in [-0.3, -0.25) is 4.79 Å². The smallest absolute Gasteiger partial charge is 0.237 e. The molecule has 0 aliphatic carbocycles. The molecule has 0 spiro atoms. The van der Waals surface area contributed by atoms with Crippen molar-refractivity contribution >= 4 is 29.1 Å². The quantitative estimate of drug-likeness (QED) is 0.756. The average Bonchev–Trinajstić information content (AvgIpc) is 2.39. The summed E-state index contributed by atoms with van der Waals surface area (Å²) in [6.07, 6.45) is 2.01. The lowest BCUT2D eigenvalue weighted by Gasteiger charge is -2.31. The van der Waals surface area contributed by atoms with Crippen LogP contribution in [-0.4, -0.2) is 29.8 Å². The van der Waals surface area contributed by atoms with Gasteiger partial charge >= 0.3 is 0 Å². The minimum absolute atomic E-state index is 0.0428. The molecule has 1 aliphatic rings.